The van der Waals surface area contributed by atoms with Crippen molar-refractivity contribution in [2.45, 2.75) is 12.5 Å². The van der Waals surface area contributed by atoms with Gasteiger partial charge in [-0.05, 0) is 6.07 Å². The molecule has 0 saturated carbocycles. The van der Waals surface area contributed by atoms with Gasteiger partial charge in [-0.3, -0.25) is 4.79 Å². The number of nitrogens with one attached hydrogen (secondary N) is 1. The molecule has 1 aliphatic rings. The van der Waals surface area contributed by atoms with E-state index in [0.29, 0.717) is 26.4 Å². The van der Waals surface area contributed by atoms with Crippen LogP contribution in [0.15, 0.2) is 18.2 Å². The maximum absolute atomic E-state index is 11.4. The number of ether oxygens (including phenoxy) is 3. The summed E-state index contributed by atoms with van der Waals surface area (Å²) in [7, 11) is 1.64. The fourth-order valence-corrected chi connectivity index (χ4v) is 1.95. The molecule has 0 spiro atoms. The number of carbonyl (C=O) groups is 1. The van der Waals surface area contributed by atoms with Gasteiger partial charge in [0.15, 0.2) is 0 Å². The van der Waals surface area contributed by atoms with Crippen LogP contribution in [0.25, 0.3) is 0 Å². The molecule has 0 aliphatic carbocycles. The van der Waals surface area contributed by atoms with Crippen LogP contribution in [0.3, 0.4) is 0 Å². The molecule has 3 N–H and O–H groups in total. The topological polar surface area (TPSA) is 82.8 Å². The summed E-state index contributed by atoms with van der Waals surface area (Å²) in [5.41, 5.74) is 7.28. The summed E-state index contributed by atoms with van der Waals surface area (Å²) in [5, 5.41) is 2.73. The summed E-state index contributed by atoms with van der Waals surface area (Å²) in [4.78, 5) is 11.4. The first-order chi connectivity index (χ1) is 9.72. The molecule has 0 saturated heterocycles. The number of hydrogen-bond donors (Lipinski definition) is 2. The molecular weight excluding hydrogens is 260 g/mol. The second kappa shape index (κ2) is 7.23. The van der Waals surface area contributed by atoms with E-state index in [1.54, 1.807) is 13.2 Å². The first-order valence-electron chi connectivity index (χ1n) is 6.62. The van der Waals surface area contributed by atoms with Crippen molar-refractivity contribution in [3.05, 3.63) is 23.8 Å². The molecule has 1 amide bonds. The standard InChI is InChI=1S/C14H20N2O4/c1-18-7-8-19-5-2-6-20-10-3-4-11-12(9-10)16-14(17)13(11)15/h3-4,9,13H,2,5-8,15H2,1H3,(H,16,17). The van der Waals surface area contributed by atoms with E-state index < -0.39 is 6.04 Å². The lowest BCUT2D eigenvalue weighted by Gasteiger charge is -2.08. The Labute approximate surface area is 118 Å². The lowest BCUT2D eigenvalue weighted by atomic mass is 10.1. The molecule has 0 fully saturated rings. The predicted molar refractivity (Wildman–Crippen MR) is 74.8 cm³/mol. The first kappa shape index (κ1) is 14.8. The number of fused-ring (bicyclic) bond motifs is 1. The quantitative estimate of drug-likeness (QED) is 0.696. The van der Waals surface area contributed by atoms with Gasteiger partial charge in [-0.15, -0.1) is 0 Å². The van der Waals surface area contributed by atoms with Gasteiger partial charge in [0.1, 0.15) is 11.8 Å². The molecule has 110 valence electrons. The highest BCUT2D eigenvalue weighted by Crippen LogP contribution is 2.32. The zero-order valence-electron chi connectivity index (χ0n) is 11.6. The molecule has 6 heteroatoms. The highest BCUT2D eigenvalue weighted by Gasteiger charge is 2.27. The predicted octanol–water partition coefficient (Wildman–Crippen LogP) is 1.07. The second-order valence-electron chi connectivity index (χ2n) is 4.52. The first-order valence-corrected chi connectivity index (χ1v) is 6.62. The Morgan fingerprint density at radius 3 is 2.90 bits per heavy atom. The minimum Gasteiger partial charge on any atom is -0.493 e. The Morgan fingerprint density at radius 1 is 1.25 bits per heavy atom. The van der Waals surface area contributed by atoms with E-state index in [4.69, 9.17) is 19.9 Å². The zero-order chi connectivity index (χ0) is 14.4. The van der Waals surface area contributed by atoms with E-state index in [2.05, 4.69) is 5.32 Å². The monoisotopic (exact) mass is 280 g/mol. The van der Waals surface area contributed by atoms with Crippen LogP contribution >= 0.6 is 0 Å². The molecule has 1 aliphatic heterocycles. The number of benzene rings is 1. The lowest BCUT2D eigenvalue weighted by molar-refractivity contribution is -0.116. The van der Waals surface area contributed by atoms with Crippen LogP contribution in [0.1, 0.15) is 18.0 Å². The molecule has 1 unspecified atom stereocenters. The average molecular weight is 280 g/mol. The van der Waals surface area contributed by atoms with Crippen molar-refractivity contribution in [3.63, 3.8) is 0 Å². The maximum atomic E-state index is 11.4. The van der Waals surface area contributed by atoms with Gasteiger partial charge in [0.05, 0.1) is 19.8 Å². The number of rotatable bonds is 8. The Hall–Kier alpha value is -1.63. The highest BCUT2D eigenvalue weighted by atomic mass is 16.5. The van der Waals surface area contributed by atoms with Crippen LogP contribution in [0.4, 0.5) is 5.69 Å². The smallest absolute Gasteiger partial charge is 0.245 e. The van der Waals surface area contributed by atoms with Crippen LogP contribution in [-0.2, 0) is 14.3 Å². The van der Waals surface area contributed by atoms with Gasteiger partial charge in [-0.25, -0.2) is 0 Å². The molecule has 0 bridgehead atoms. The fourth-order valence-electron chi connectivity index (χ4n) is 1.95. The van der Waals surface area contributed by atoms with Crippen LogP contribution in [0, 0.1) is 0 Å². The van der Waals surface area contributed by atoms with Crippen molar-refractivity contribution < 1.29 is 19.0 Å². The highest BCUT2D eigenvalue weighted by molar-refractivity contribution is 6.02. The molecule has 2 rings (SSSR count). The number of amides is 1. The summed E-state index contributed by atoms with van der Waals surface area (Å²) in [6.45, 7) is 2.40. The Balaban J connectivity index is 1.72. The van der Waals surface area contributed by atoms with Gasteiger partial charge in [0, 0.05) is 37.5 Å². The van der Waals surface area contributed by atoms with Gasteiger partial charge in [-0.2, -0.15) is 0 Å². The van der Waals surface area contributed by atoms with Crippen molar-refractivity contribution in [2.75, 3.05) is 38.9 Å². The van der Waals surface area contributed by atoms with Crippen molar-refractivity contribution in [2.24, 2.45) is 5.73 Å². The summed E-state index contributed by atoms with van der Waals surface area (Å²) in [6.07, 6.45) is 0.798. The van der Waals surface area contributed by atoms with E-state index in [1.807, 2.05) is 12.1 Å². The number of methoxy groups -OCH3 is 1. The van der Waals surface area contributed by atoms with E-state index in [9.17, 15) is 4.79 Å². The van der Waals surface area contributed by atoms with E-state index in [1.165, 1.54) is 0 Å². The van der Waals surface area contributed by atoms with Crippen LogP contribution < -0.4 is 15.8 Å². The van der Waals surface area contributed by atoms with Crippen molar-refractivity contribution >= 4 is 11.6 Å². The fraction of sp³-hybridized carbons (Fsp3) is 0.500. The normalized spacial score (nSPS) is 16.9. The average Bonchev–Trinajstić information content (AvgIpc) is 2.73. The molecule has 1 heterocycles. The summed E-state index contributed by atoms with van der Waals surface area (Å²) >= 11 is 0. The van der Waals surface area contributed by atoms with Crippen LogP contribution in [-0.4, -0.2) is 39.4 Å². The number of carbonyl (C=O) groups excluding carboxylic acids is 1. The Kier molecular flexibility index (Phi) is 5.34. The van der Waals surface area contributed by atoms with Gasteiger partial charge in [0.2, 0.25) is 5.91 Å². The zero-order valence-corrected chi connectivity index (χ0v) is 11.6. The van der Waals surface area contributed by atoms with Gasteiger partial charge in [-0.1, -0.05) is 6.07 Å². The van der Waals surface area contributed by atoms with Crippen molar-refractivity contribution in [1.29, 1.82) is 0 Å². The van der Waals surface area contributed by atoms with E-state index in [0.717, 1.165) is 23.4 Å². The summed E-state index contributed by atoms with van der Waals surface area (Å²) < 4.78 is 15.8. The van der Waals surface area contributed by atoms with Crippen LogP contribution in [0.5, 0.6) is 5.75 Å². The minimum atomic E-state index is -0.576. The molecule has 1 atom stereocenters. The molecule has 6 nitrogen and oxygen atoms in total. The van der Waals surface area contributed by atoms with E-state index in [-0.39, 0.29) is 5.91 Å². The SMILES string of the molecule is COCCOCCCOc1ccc2c(c1)NC(=O)C2N. The third-order valence-electron chi connectivity index (χ3n) is 3.03. The molecular formula is C14H20N2O4. The molecule has 0 radical (unpaired) electrons. The largest absolute Gasteiger partial charge is 0.493 e. The molecule has 1 aromatic carbocycles. The molecule has 0 aromatic heterocycles. The summed E-state index contributed by atoms with van der Waals surface area (Å²) in [5.74, 6) is 0.540. The lowest BCUT2D eigenvalue weighted by Crippen LogP contribution is -2.19. The minimum absolute atomic E-state index is 0.177. The van der Waals surface area contributed by atoms with Crippen molar-refractivity contribution in [1.82, 2.24) is 0 Å². The second-order valence-corrected chi connectivity index (χ2v) is 4.52. The van der Waals surface area contributed by atoms with Crippen LogP contribution in [0.2, 0.25) is 0 Å². The van der Waals surface area contributed by atoms with E-state index >= 15 is 0 Å². The number of nitrogens with two attached hydrogens (primary N) is 1. The third kappa shape index (κ3) is 3.69. The van der Waals surface area contributed by atoms with Gasteiger partial charge >= 0.3 is 0 Å². The van der Waals surface area contributed by atoms with Gasteiger partial charge in [0.25, 0.3) is 0 Å². The number of anilines is 1. The molecule has 20 heavy (non-hydrogen) atoms. The Bertz CT molecular complexity index is 464. The van der Waals surface area contributed by atoms with Gasteiger partial charge < -0.3 is 25.3 Å². The summed E-state index contributed by atoms with van der Waals surface area (Å²) in [6, 6.07) is 4.87. The Morgan fingerprint density at radius 2 is 2.10 bits per heavy atom. The maximum Gasteiger partial charge on any atom is 0.245 e. The third-order valence-corrected chi connectivity index (χ3v) is 3.03. The van der Waals surface area contributed by atoms with Crippen molar-refractivity contribution in [3.8, 4) is 5.75 Å². The number of hydrogen-bond acceptors (Lipinski definition) is 5. The molecule has 1 aromatic rings.